The molecule has 6 heteroatoms. The van der Waals surface area contributed by atoms with Gasteiger partial charge in [-0.2, -0.15) is 0 Å². The number of hydrogen-bond acceptors (Lipinski definition) is 3. The zero-order valence-corrected chi connectivity index (χ0v) is 13.3. The molecule has 6 nitrogen and oxygen atoms in total. The summed E-state index contributed by atoms with van der Waals surface area (Å²) in [6, 6.07) is 0. The molecule has 0 unspecified atom stereocenters. The van der Waals surface area contributed by atoms with Crippen molar-refractivity contribution in [1.29, 1.82) is 0 Å². The zero-order chi connectivity index (χ0) is 15.2. The molecule has 0 radical (unpaired) electrons. The molecule has 0 aromatic rings. The van der Waals surface area contributed by atoms with Crippen LogP contribution in [-0.4, -0.2) is 62.2 Å². The Morgan fingerprint density at radius 3 is 2.40 bits per heavy atom. The van der Waals surface area contributed by atoms with E-state index in [1.54, 1.807) is 14.1 Å². The number of carbonyl (C=O) groups is 1. The molecule has 2 N–H and O–H groups in total. The maximum absolute atomic E-state index is 11.3. The van der Waals surface area contributed by atoms with E-state index in [0.717, 1.165) is 31.9 Å². The normalized spacial score (nSPS) is 18.1. The van der Waals surface area contributed by atoms with Gasteiger partial charge in [0.1, 0.15) is 0 Å². The number of nitrogens with one attached hydrogen (secondary N) is 2. The van der Waals surface area contributed by atoms with E-state index in [1.807, 2.05) is 0 Å². The largest absolute Gasteiger partial charge is 0.372 e. The molecule has 20 heavy (non-hydrogen) atoms. The number of likely N-dealkylation sites (N-methyl/N-ethyl adjacent to an activating group) is 1. The van der Waals surface area contributed by atoms with Crippen molar-refractivity contribution >= 4 is 11.9 Å². The molecule has 1 fully saturated rings. The van der Waals surface area contributed by atoms with Gasteiger partial charge in [0.05, 0.1) is 18.2 Å². The lowest BCUT2D eigenvalue weighted by Gasteiger charge is -2.36. The SMILES string of the molecule is CN=C(NCC(=O)NC)N1CCC(OC(C)(C)C)CC1. The number of likely N-dealkylation sites (tertiary alicyclic amines) is 1. The van der Waals surface area contributed by atoms with Crippen molar-refractivity contribution in [3.63, 3.8) is 0 Å². The number of nitrogens with zero attached hydrogens (tertiary/aromatic N) is 2. The average Bonchev–Trinajstić information content (AvgIpc) is 2.39. The lowest BCUT2D eigenvalue weighted by Crippen LogP contribution is -2.49. The van der Waals surface area contributed by atoms with Gasteiger partial charge in [-0.1, -0.05) is 0 Å². The van der Waals surface area contributed by atoms with Crippen LogP contribution in [0.25, 0.3) is 0 Å². The number of hydrogen-bond donors (Lipinski definition) is 2. The molecule has 0 aromatic carbocycles. The van der Waals surface area contributed by atoms with Gasteiger partial charge < -0.3 is 20.3 Å². The quantitative estimate of drug-likeness (QED) is 0.588. The molecule has 0 atom stereocenters. The summed E-state index contributed by atoms with van der Waals surface area (Å²) in [5.41, 5.74) is -0.0913. The van der Waals surface area contributed by atoms with Gasteiger partial charge in [-0.05, 0) is 33.6 Å². The Labute approximate surface area is 122 Å². The fraction of sp³-hybridized carbons (Fsp3) is 0.857. The van der Waals surface area contributed by atoms with E-state index in [2.05, 4.69) is 41.3 Å². The fourth-order valence-corrected chi connectivity index (χ4v) is 2.27. The van der Waals surface area contributed by atoms with Crippen molar-refractivity contribution in [2.75, 3.05) is 33.7 Å². The molecule has 0 aliphatic carbocycles. The Kier molecular flexibility index (Phi) is 6.26. The van der Waals surface area contributed by atoms with Crippen molar-refractivity contribution in [3.05, 3.63) is 0 Å². The highest BCUT2D eigenvalue weighted by Crippen LogP contribution is 2.20. The molecule has 1 aliphatic heterocycles. The Morgan fingerprint density at radius 1 is 1.35 bits per heavy atom. The first-order chi connectivity index (χ1) is 9.35. The highest BCUT2D eigenvalue weighted by atomic mass is 16.5. The van der Waals surface area contributed by atoms with Crippen LogP contribution < -0.4 is 10.6 Å². The fourth-order valence-electron chi connectivity index (χ4n) is 2.27. The minimum atomic E-state index is -0.0913. The molecule has 1 aliphatic rings. The van der Waals surface area contributed by atoms with Gasteiger partial charge in [0.2, 0.25) is 5.91 Å². The molecule has 0 aromatic heterocycles. The number of amides is 1. The first kappa shape index (κ1) is 16.8. The number of piperidine rings is 1. The summed E-state index contributed by atoms with van der Waals surface area (Å²) in [5, 5.41) is 5.66. The van der Waals surface area contributed by atoms with E-state index < -0.39 is 0 Å². The van der Waals surface area contributed by atoms with Crippen LogP contribution in [0.15, 0.2) is 4.99 Å². The second-order valence-corrected chi connectivity index (χ2v) is 5.99. The maximum Gasteiger partial charge on any atom is 0.239 e. The summed E-state index contributed by atoms with van der Waals surface area (Å²) < 4.78 is 6.00. The number of guanidine groups is 1. The molecule has 0 bridgehead atoms. The van der Waals surface area contributed by atoms with Crippen molar-refractivity contribution in [1.82, 2.24) is 15.5 Å². The second kappa shape index (κ2) is 7.47. The van der Waals surface area contributed by atoms with Gasteiger partial charge in [0.25, 0.3) is 0 Å². The van der Waals surface area contributed by atoms with Crippen molar-refractivity contribution < 1.29 is 9.53 Å². The molecule has 1 heterocycles. The van der Waals surface area contributed by atoms with Crippen LogP contribution in [0.4, 0.5) is 0 Å². The van der Waals surface area contributed by atoms with Crippen LogP contribution in [0.2, 0.25) is 0 Å². The van der Waals surface area contributed by atoms with Gasteiger partial charge in [-0.15, -0.1) is 0 Å². The maximum atomic E-state index is 11.3. The summed E-state index contributed by atoms with van der Waals surface area (Å²) in [6.45, 7) is 8.31. The average molecular weight is 284 g/mol. The molecule has 116 valence electrons. The Morgan fingerprint density at radius 2 is 1.95 bits per heavy atom. The number of rotatable bonds is 3. The van der Waals surface area contributed by atoms with Crippen LogP contribution in [0.1, 0.15) is 33.6 Å². The highest BCUT2D eigenvalue weighted by Gasteiger charge is 2.25. The summed E-state index contributed by atoms with van der Waals surface area (Å²) in [7, 11) is 3.37. The van der Waals surface area contributed by atoms with Gasteiger partial charge in [-0.3, -0.25) is 9.79 Å². The number of aliphatic imine (C=N–C) groups is 1. The monoisotopic (exact) mass is 284 g/mol. The second-order valence-electron chi connectivity index (χ2n) is 5.99. The van der Waals surface area contributed by atoms with E-state index >= 15 is 0 Å². The van der Waals surface area contributed by atoms with E-state index in [-0.39, 0.29) is 18.1 Å². The predicted octanol–water partition coefficient (Wildman–Crippen LogP) is 0.587. The highest BCUT2D eigenvalue weighted by molar-refractivity contribution is 5.86. The molecule has 1 rings (SSSR count). The van der Waals surface area contributed by atoms with Crippen LogP contribution in [0.5, 0.6) is 0 Å². The molecule has 0 spiro atoms. The van der Waals surface area contributed by atoms with E-state index in [4.69, 9.17) is 4.74 Å². The van der Waals surface area contributed by atoms with E-state index in [9.17, 15) is 4.79 Å². The summed E-state index contributed by atoms with van der Waals surface area (Å²) in [4.78, 5) is 17.7. The van der Waals surface area contributed by atoms with Crippen LogP contribution in [0, 0.1) is 0 Å². The Hall–Kier alpha value is -1.30. The minimum Gasteiger partial charge on any atom is -0.372 e. The third-order valence-corrected chi connectivity index (χ3v) is 3.16. The van der Waals surface area contributed by atoms with Crippen molar-refractivity contribution in [3.8, 4) is 0 Å². The molecule has 1 saturated heterocycles. The molecular formula is C14H28N4O2. The van der Waals surface area contributed by atoms with E-state index in [0.29, 0.717) is 6.10 Å². The standard InChI is InChI=1S/C14H28N4O2/c1-14(2,3)20-11-6-8-18(9-7-11)13(16-5)17-10-12(19)15-4/h11H,6-10H2,1-5H3,(H,15,19)(H,16,17). The third kappa shape index (κ3) is 5.77. The van der Waals surface area contributed by atoms with Crippen molar-refractivity contribution in [2.24, 2.45) is 4.99 Å². The third-order valence-electron chi connectivity index (χ3n) is 3.16. The zero-order valence-electron chi connectivity index (χ0n) is 13.3. The summed E-state index contributed by atoms with van der Waals surface area (Å²) in [6.07, 6.45) is 2.28. The minimum absolute atomic E-state index is 0.0444. The van der Waals surface area contributed by atoms with Gasteiger partial charge in [0.15, 0.2) is 5.96 Å². The first-order valence-electron chi connectivity index (χ1n) is 7.19. The molecule has 0 saturated carbocycles. The van der Waals surface area contributed by atoms with Crippen molar-refractivity contribution in [2.45, 2.75) is 45.3 Å². The predicted molar refractivity (Wildman–Crippen MR) is 80.9 cm³/mol. The lowest BCUT2D eigenvalue weighted by molar-refractivity contribution is -0.119. The number of carbonyl (C=O) groups excluding carboxylic acids is 1. The smallest absolute Gasteiger partial charge is 0.239 e. The molecule has 1 amide bonds. The van der Waals surface area contributed by atoms with Gasteiger partial charge >= 0.3 is 0 Å². The lowest BCUT2D eigenvalue weighted by atomic mass is 10.1. The summed E-state index contributed by atoms with van der Waals surface area (Å²) in [5.74, 6) is 0.736. The Balaban J connectivity index is 2.41. The molecular weight excluding hydrogens is 256 g/mol. The topological polar surface area (TPSA) is 66.0 Å². The van der Waals surface area contributed by atoms with Crippen LogP contribution in [-0.2, 0) is 9.53 Å². The Bertz CT molecular complexity index is 342. The van der Waals surface area contributed by atoms with Gasteiger partial charge in [-0.25, -0.2) is 0 Å². The first-order valence-corrected chi connectivity index (χ1v) is 7.19. The van der Waals surface area contributed by atoms with Gasteiger partial charge in [0, 0.05) is 27.2 Å². The number of ether oxygens (including phenoxy) is 1. The van der Waals surface area contributed by atoms with Crippen LogP contribution >= 0.6 is 0 Å². The van der Waals surface area contributed by atoms with E-state index in [1.165, 1.54) is 0 Å². The summed E-state index contributed by atoms with van der Waals surface area (Å²) >= 11 is 0. The van der Waals surface area contributed by atoms with Crippen LogP contribution in [0.3, 0.4) is 0 Å².